The molecule has 1 aliphatic heterocycles. The van der Waals surface area contributed by atoms with Gasteiger partial charge in [0.1, 0.15) is 30.5 Å². The summed E-state index contributed by atoms with van der Waals surface area (Å²) in [5.41, 5.74) is 1.02. The second-order valence-corrected chi connectivity index (χ2v) is 26.2. The van der Waals surface area contributed by atoms with Gasteiger partial charge in [0, 0.05) is 18.9 Å². The number of hydrogen-bond acceptors (Lipinski definition) is 10. The Hall–Kier alpha value is -2.73. The second-order valence-electron chi connectivity index (χ2n) is 16.7. The maximum absolute atomic E-state index is 13.0. The van der Waals surface area contributed by atoms with Crippen molar-refractivity contribution in [2.24, 2.45) is 0 Å². The number of amides is 2. The van der Waals surface area contributed by atoms with Crippen LogP contribution in [-0.4, -0.2) is 84.9 Å². The van der Waals surface area contributed by atoms with Crippen molar-refractivity contribution in [3.8, 4) is 0 Å². The van der Waals surface area contributed by atoms with Crippen LogP contribution >= 0.6 is 0 Å². The van der Waals surface area contributed by atoms with E-state index in [2.05, 4.69) is 93.3 Å². The summed E-state index contributed by atoms with van der Waals surface area (Å²) in [4.78, 5) is 49.6. The van der Waals surface area contributed by atoms with Crippen LogP contribution in [0.1, 0.15) is 99.6 Å². The lowest BCUT2D eigenvalue weighted by Crippen LogP contribution is -2.48. The van der Waals surface area contributed by atoms with Gasteiger partial charge < -0.3 is 28.4 Å². The molecule has 0 spiro atoms. The van der Waals surface area contributed by atoms with Gasteiger partial charge >= 0.3 is 12.0 Å². The number of anilines is 1. The zero-order valence-electron chi connectivity index (χ0n) is 31.3. The standard InChI is InChI=1S/C34H58N6O7Si2/c1-22(41)12-17-28(42)45-24-15-13-23(14-16-24)38-32(43)39-30-29-31(36-20-35-30)40(21-37-29)27-18-25(47-49(10,11)34(5,6)7)26(46-27)19-44-48(8,9)33(2,3)4/h20-21,23-27H,12-19H2,1-11H3,(H2,35,36,38,39,43)/t23?,24?,25-,26+,27+/m0/s1. The lowest BCUT2D eigenvalue weighted by atomic mass is 9.93. The normalized spacial score (nSPS) is 23.8. The van der Waals surface area contributed by atoms with Gasteiger partial charge in [0.25, 0.3) is 0 Å². The first-order valence-electron chi connectivity index (χ1n) is 17.6. The van der Waals surface area contributed by atoms with Gasteiger partial charge in [-0.1, -0.05) is 41.5 Å². The Kier molecular flexibility index (Phi) is 12.2. The minimum Gasteiger partial charge on any atom is -0.462 e. The predicted octanol–water partition coefficient (Wildman–Crippen LogP) is 6.87. The maximum atomic E-state index is 13.0. The van der Waals surface area contributed by atoms with Crippen LogP contribution in [0.4, 0.5) is 10.6 Å². The van der Waals surface area contributed by atoms with Crippen molar-refractivity contribution < 1.29 is 32.7 Å². The summed E-state index contributed by atoms with van der Waals surface area (Å²) in [6, 6.07) is -0.462. The monoisotopic (exact) mass is 718 g/mol. The Morgan fingerprint density at radius 3 is 2.20 bits per heavy atom. The third kappa shape index (κ3) is 9.96. The van der Waals surface area contributed by atoms with Crippen LogP contribution in [0.5, 0.6) is 0 Å². The van der Waals surface area contributed by atoms with Crippen molar-refractivity contribution in [2.75, 3.05) is 11.9 Å². The summed E-state index contributed by atoms with van der Waals surface area (Å²) in [6.07, 6.45) is 5.64. The molecule has 4 rings (SSSR count). The van der Waals surface area contributed by atoms with E-state index in [1.807, 2.05) is 4.57 Å². The largest absolute Gasteiger partial charge is 0.462 e. The highest BCUT2D eigenvalue weighted by Crippen LogP contribution is 2.43. The van der Waals surface area contributed by atoms with E-state index in [0.717, 1.165) is 0 Å². The molecule has 1 saturated carbocycles. The molecule has 2 aromatic heterocycles. The number of fused-ring (bicyclic) bond motifs is 1. The van der Waals surface area contributed by atoms with Crippen molar-refractivity contribution >= 4 is 51.4 Å². The summed E-state index contributed by atoms with van der Waals surface area (Å²) < 4.78 is 27.7. The number of Topliss-reactive ketones (excluding diaryl/α,β-unsaturated/α-hetero) is 1. The Balaban J connectivity index is 1.41. The van der Waals surface area contributed by atoms with E-state index in [1.54, 1.807) is 6.33 Å². The molecular weight excluding hydrogens is 661 g/mol. The number of esters is 1. The van der Waals surface area contributed by atoms with Gasteiger partial charge in [0.15, 0.2) is 33.6 Å². The number of nitrogens with zero attached hydrogens (tertiary/aromatic N) is 4. The zero-order chi connectivity index (χ0) is 36.4. The van der Waals surface area contributed by atoms with Crippen LogP contribution in [0.2, 0.25) is 36.3 Å². The number of imidazole rings is 1. The molecule has 1 saturated heterocycles. The van der Waals surface area contributed by atoms with Gasteiger partial charge in [0.2, 0.25) is 0 Å². The van der Waals surface area contributed by atoms with Gasteiger partial charge in [-0.2, -0.15) is 0 Å². The molecule has 49 heavy (non-hydrogen) atoms. The van der Waals surface area contributed by atoms with Crippen molar-refractivity contribution in [2.45, 2.75) is 160 Å². The van der Waals surface area contributed by atoms with E-state index in [-0.39, 0.29) is 71.3 Å². The highest BCUT2D eigenvalue weighted by molar-refractivity contribution is 6.74. The topological polar surface area (TPSA) is 156 Å². The predicted molar refractivity (Wildman–Crippen MR) is 193 cm³/mol. The molecule has 2 amide bonds. The first kappa shape index (κ1) is 39.1. The molecule has 13 nitrogen and oxygen atoms in total. The van der Waals surface area contributed by atoms with E-state index in [4.69, 9.17) is 18.3 Å². The van der Waals surface area contributed by atoms with Crippen molar-refractivity contribution in [3.63, 3.8) is 0 Å². The fraction of sp³-hybridized carbons (Fsp3) is 0.765. The molecule has 274 valence electrons. The van der Waals surface area contributed by atoms with E-state index in [9.17, 15) is 14.4 Å². The number of aromatic nitrogens is 4. The van der Waals surface area contributed by atoms with Gasteiger partial charge in [-0.05, 0) is 68.9 Å². The lowest BCUT2D eigenvalue weighted by Gasteiger charge is -2.40. The number of rotatable bonds is 12. The van der Waals surface area contributed by atoms with Crippen LogP contribution in [0.15, 0.2) is 12.7 Å². The van der Waals surface area contributed by atoms with Crippen LogP contribution in [0, 0.1) is 0 Å². The van der Waals surface area contributed by atoms with Gasteiger partial charge in [-0.25, -0.2) is 19.7 Å². The lowest BCUT2D eigenvalue weighted by molar-refractivity contribution is -0.151. The fourth-order valence-corrected chi connectivity index (χ4v) is 7.91. The van der Waals surface area contributed by atoms with Crippen LogP contribution in [-0.2, 0) is 27.9 Å². The maximum Gasteiger partial charge on any atom is 0.320 e. The van der Waals surface area contributed by atoms with Crippen molar-refractivity contribution in [1.82, 2.24) is 24.8 Å². The van der Waals surface area contributed by atoms with Crippen molar-refractivity contribution in [1.29, 1.82) is 0 Å². The Bertz CT molecular complexity index is 1480. The molecule has 1 aliphatic carbocycles. The SMILES string of the molecule is CC(=O)CCC(=O)OC1CCC(NC(=O)Nc2ncnc3c2ncn3[C@H]2C[C@H](O[Si](C)(C)C(C)(C)C)[C@@H](CO[Si](C)(C)C(C)(C)C)O2)CC1. The first-order valence-corrected chi connectivity index (χ1v) is 23.4. The number of hydrogen-bond donors (Lipinski definition) is 2. The first-order chi connectivity index (χ1) is 22.7. The summed E-state index contributed by atoms with van der Waals surface area (Å²) >= 11 is 0. The quantitative estimate of drug-likeness (QED) is 0.175. The summed E-state index contributed by atoms with van der Waals surface area (Å²) in [5, 5.41) is 5.97. The third-order valence-corrected chi connectivity index (χ3v) is 19.7. The molecule has 0 aromatic carbocycles. The van der Waals surface area contributed by atoms with Gasteiger partial charge in [-0.3, -0.25) is 14.7 Å². The Morgan fingerprint density at radius 1 is 0.939 bits per heavy atom. The molecule has 2 fully saturated rings. The minimum atomic E-state index is -2.12. The van der Waals surface area contributed by atoms with Gasteiger partial charge in [-0.15, -0.1) is 0 Å². The highest BCUT2D eigenvalue weighted by atomic mass is 28.4. The molecule has 2 aromatic rings. The van der Waals surface area contributed by atoms with E-state index < -0.39 is 16.6 Å². The number of nitrogens with one attached hydrogen (secondary N) is 2. The third-order valence-electron chi connectivity index (χ3n) is 10.7. The van der Waals surface area contributed by atoms with E-state index in [1.165, 1.54) is 13.3 Å². The van der Waals surface area contributed by atoms with Crippen LogP contribution in [0.3, 0.4) is 0 Å². The fourth-order valence-electron chi connectivity index (χ4n) is 5.54. The second kappa shape index (κ2) is 15.3. The average molecular weight is 719 g/mol. The molecule has 0 bridgehead atoms. The number of ketones is 1. The highest BCUT2D eigenvalue weighted by Gasteiger charge is 2.47. The summed E-state index contributed by atoms with van der Waals surface area (Å²) in [7, 11) is -4.14. The number of urea groups is 1. The van der Waals surface area contributed by atoms with Crippen molar-refractivity contribution in [3.05, 3.63) is 12.7 Å². The zero-order valence-corrected chi connectivity index (χ0v) is 33.3. The van der Waals surface area contributed by atoms with Gasteiger partial charge in [0.05, 0.1) is 25.5 Å². The number of ether oxygens (including phenoxy) is 2. The average Bonchev–Trinajstić information content (AvgIpc) is 3.59. The molecule has 15 heteroatoms. The van der Waals surface area contributed by atoms with E-state index in [0.29, 0.717) is 55.7 Å². The van der Waals surface area contributed by atoms with E-state index >= 15 is 0 Å². The van der Waals surface area contributed by atoms with Crippen LogP contribution in [0.25, 0.3) is 11.2 Å². The number of carbonyl (C=O) groups is 3. The molecule has 2 N–H and O–H groups in total. The molecule has 3 atom stereocenters. The number of carbonyl (C=O) groups excluding carboxylic acids is 3. The Morgan fingerprint density at radius 2 is 1.59 bits per heavy atom. The summed E-state index contributed by atoms with van der Waals surface area (Å²) in [6.45, 7) is 24.3. The molecule has 0 radical (unpaired) electrons. The molecule has 0 unspecified atom stereocenters. The van der Waals surface area contributed by atoms with Crippen LogP contribution < -0.4 is 10.6 Å². The molecular formula is C34H58N6O7Si2. The molecule has 2 aliphatic rings. The Labute approximate surface area is 293 Å². The minimum absolute atomic E-state index is 0.0351. The smallest absolute Gasteiger partial charge is 0.320 e. The molecule has 3 heterocycles. The summed E-state index contributed by atoms with van der Waals surface area (Å²) in [5.74, 6) is -0.0838.